The van der Waals surface area contributed by atoms with Gasteiger partial charge in [0.15, 0.2) is 0 Å². The molecule has 0 heterocycles. The predicted octanol–water partition coefficient (Wildman–Crippen LogP) is 2.53. The van der Waals surface area contributed by atoms with E-state index in [9.17, 15) is 0 Å². The zero-order valence-electron chi connectivity index (χ0n) is 9.00. The number of nitrogens with one attached hydrogen (secondary N) is 1. The van der Waals surface area contributed by atoms with Crippen molar-refractivity contribution in [3.63, 3.8) is 0 Å². The van der Waals surface area contributed by atoms with Gasteiger partial charge in [0.1, 0.15) is 5.75 Å². The molecule has 0 saturated carbocycles. The lowest BCUT2D eigenvalue weighted by molar-refractivity contribution is 0.405. The van der Waals surface area contributed by atoms with Gasteiger partial charge in [0, 0.05) is 5.56 Å². The van der Waals surface area contributed by atoms with Crippen molar-refractivity contribution < 1.29 is 4.74 Å². The summed E-state index contributed by atoms with van der Waals surface area (Å²) < 4.78 is 5.30. The van der Waals surface area contributed by atoms with Crippen LogP contribution in [-0.4, -0.2) is 14.2 Å². The highest BCUT2D eigenvalue weighted by molar-refractivity contribution is 5.39. The Balaban J connectivity index is 3.08. The molecule has 0 aliphatic carbocycles. The summed E-state index contributed by atoms with van der Waals surface area (Å²) in [5, 5.41) is 3.21. The van der Waals surface area contributed by atoms with Gasteiger partial charge >= 0.3 is 0 Å². The van der Waals surface area contributed by atoms with Crippen molar-refractivity contribution in [3.8, 4) is 5.75 Å². The molecule has 1 N–H and O–H groups in total. The summed E-state index contributed by atoms with van der Waals surface area (Å²) in [5.41, 5.74) is 2.21. The molecule has 1 aromatic carbocycles. The fourth-order valence-corrected chi connectivity index (χ4v) is 1.57. The summed E-state index contributed by atoms with van der Waals surface area (Å²) in [6.45, 7) is 5.97. The van der Waals surface area contributed by atoms with Gasteiger partial charge in [-0.2, -0.15) is 0 Å². The third-order valence-corrected chi connectivity index (χ3v) is 2.23. The van der Waals surface area contributed by atoms with E-state index in [1.165, 1.54) is 0 Å². The number of hydrogen-bond donors (Lipinski definition) is 1. The molecule has 0 aromatic heterocycles. The second-order valence-electron chi connectivity index (χ2n) is 3.31. The third-order valence-electron chi connectivity index (χ3n) is 2.23. The van der Waals surface area contributed by atoms with Crippen LogP contribution in [0.1, 0.15) is 18.5 Å². The van der Waals surface area contributed by atoms with Gasteiger partial charge < -0.3 is 10.1 Å². The molecule has 0 amide bonds. The molecule has 2 heteroatoms. The van der Waals surface area contributed by atoms with Crippen LogP contribution < -0.4 is 10.1 Å². The Bertz CT molecular complexity index is 320. The first-order valence-corrected chi connectivity index (χ1v) is 4.66. The van der Waals surface area contributed by atoms with E-state index in [2.05, 4.69) is 18.0 Å². The lowest BCUT2D eigenvalue weighted by Gasteiger charge is -2.19. The minimum atomic E-state index is 0.158. The number of hydrogen-bond acceptors (Lipinski definition) is 2. The van der Waals surface area contributed by atoms with Crippen LogP contribution in [0.3, 0.4) is 0 Å². The van der Waals surface area contributed by atoms with Crippen molar-refractivity contribution in [2.45, 2.75) is 13.0 Å². The molecule has 0 radical (unpaired) electrons. The number of para-hydroxylation sites is 1. The van der Waals surface area contributed by atoms with Gasteiger partial charge in [-0.15, -0.1) is 0 Å². The highest BCUT2D eigenvalue weighted by Gasteiger charge is 2.13. The summed E-state index contributed by atoms with van der Waals surface area (Å²) in [6, 6.07) is 8.14. The number of rotatable bonds is 4. The van der Waals surface area contributed by atoms with E-state index in [4.69, 9.17) is 4.74 Å². The molecule has 14 heavy (non-hydrogen) atoms. The van der Waals surface area contributed by atoms with Crippen LogP contribution >= 0.6 is 0 Å². The zero-order chi connectivity index (χ0) is 10.6. The van der Waals surface area contributed by atoms with Crippen LogP contribution in [0, 0.1) is 0 Å². The molecule has 0 fully saturated rings. The first-order chi connectivity index (χ1) is 6.70. The second-order valence-corrected chi connectivity index (χ2v) is 3.31. The highest BCUT2D eigenvalue weighted by atomic mass is 16.5. The molecule has 1 atom stereocenters. The van der Waals surface area contributed by atoms with E-state index < -0.39 is 0 Å². The Morgan fingerprint density at radius 1 is 1.43 bits per heavy atom. The molecule has 0 bridgehead atoms. The van der Waals surface area contributed by atoms with Crippen molar-refractivity contribution in [1.29, 1.82) is 0 Å². The highest BCUT2D eigenvalue weighted by Crippen LogP contribution is 2.28. The lowest BCUT2D eigenvalue weighted by atomic mass is 10.0. The molecule has 1 aromatic rings. The summed E-state index contributed by atoms with van der Waals surface area (Å²) in [6.07, 6.45) is 0. The normalized spacial score (nSPS) is 12.2. The van der Waals surface area contributed by atoms with Gasteiger partial charge in [-0.05, 0) is 20.0 Å². The third kappa shape index (κ3) is 2.15. The standard InChI is InChI=1S/C12H17NO/c1-9(2)12(13-3)10-7-5-6-8-11(10)14-4/h5-8,12-13H,1H2,2-4H3. The Morgan fingerprint density at radius 2 is 2.07 bits per heavy atom. The molecule has 1 rings (SSSR count). The maximum atomic E-state index is 5.30. The number of ether oxygens (including phenoxy) is 1. The first-order valence-electron chi connectivity index (χ1n) is 4.66. The Hall–Kier alpha value is -1.28. The maximum absolute atomic E-state index is 5.30. The van der Waals surface area contributed by atoms with Gasteiger partial charge in [-0.25, -0.2) is 0 Å². The van der Waals surface area contributed by atoms with E-state index in [1.54, 1.807) is 7.11 Å². The van der Waals surface area contributed by atoms with E-state index in [-0.39, 0.29) is 6.04 Å². The SMILES string of the molecule is C=C(C)C(NC)c1ccccc1OC. The van der Waals surface area contributed by atoms with Crippen LogP contribution in [-0.2, 0) is 0 Å². The summed E-state index contributed by atoms with van der Waals surface area (Å²) in [5.74, 6) is 0.898. The molecular formula is C12H17NO. The van der Waals surface area contributed by atoms with Crippen LogP contribution in [0.25, 0.3) is 0 Å². The van der Waals surface area contributed by atoms with Crippen LogP contribution in [0.15, 0.2) is 36.4 Å². The number of likely N-dealkylation sites (N-methyl/N-ethyl adjacent to an activating group) is 1. The topological polar surface area (TPSA) is 21.3 Å². The van der Waals surface area contributed by atoms with Crippen LogP contribution in [0.5, 0.6) is 5.75 Å². The van der Waals surface area contributed by atoms with Crippen molar-refractivity contribution in [1.82, 2.24) is 5.32 Å². The first kappa shape index (κ1) is 10.8. The van der Waals surface area contributed by atoms with Crippen LogP contribution in [0.4, 0.5) is 0 Å². The lowest BCUT2D eigenvalue weighted by Crippen LogP contribution is -2.17. The maximum Gasteiger partial charge on any atom is 0.123 e. The molecule has 0 saturated heterocycles. The Labute approximate surface area is 85.6 Å². The van der Waals surface area contributed by atoms with Crippen molar-refractivity contribution in [3.05, 3.63) is 42.0 Å². The molecule has 2 nitrogen and oxygen atoms in total. The average molecular weight is 191 g/mol. The smallest absolute Gasteiger partial charge is 0.123 e. The van der Waals surface area contributed by atoms with Gasteiger partial charge in [0.05, 0.1) is 13.2 Å². The molecule has 0 spiro atoms. The van der Waals surface area contributed by atoms with Gasteiger partial charge in [-0.1, -0.05) is 30.4 Å². The quantitative estimate of drug-likeness (QED) is 0.738. The number of methoxy groups -OCH3 is 1. The predicted molar refractivity (Wildman–Crippen MR) is 59.6 cm³/mol. The zero-order valence-corrected chi connectivity index (χ0v) is 9.00. The molecular weight excluding hydrogens is 174 g/mol. The average Bonchev–Trinajstić information content (AvgIpc) is 2.19. The van der Waals surface area contributed by atoms with Crippen LogP contribution in [0.2, 0.25) is 0 Å². The van der Waals surface area contributed by atoms with Gasteiger partial charge in [0.25, 0.3) is 0 Å². The van der Waals surface area contributed by atoms with Crippen molar-refractivity contribution in [2.75, 3.05) is 14.2 Å². The van der Waals surface area contributed by atoms with Crippen molar-refractivity contribution in [2.24, 2.45) is 0 Å². The molecule has 0 aliphatic heterocycles. The minimum Gasteiger partial charge on any atom is -0.496 e. The Kier molecular flexibility index (Phi) is 3.72. The summed E-state index contributed by atoms with van der Waals surface area (Å²) in [4.78, 5) is 0. The fourth-order valence-electron chi connectivity index (χ4n) is 1.57. The van der Waals surface area contributed by atoms with Gasteiger partial charge in [0.2, 0.25) is 0 Å². The van der Waals surface area contributed by atoms with E-state index in [1.807, 2.05) is 32.2 Å². The second kappa shape index (κ2) is 4.82. The molecule has 76 valence electrons. The summed E-state index contributed by atoms with van der Waals surface area (Å²) >= 11 is 0. The van der Waals surface area contributed by atoms with Gasteiger partial charge in [-0.3, -0.25) is 0 Å². The number of benzene rings is 1. The van der Waals surface area contributed by atoms with E-state index in [0.29, 0.717) is 0 Å². The van der Waals surface area contributed by atoms with E-state index >= 15 is 0 Å². The van der Waals surface area contributed by atoms with Crippen molar-refractivity contribution >= 4 is 0 Å². The Morgan fingerprint density at radius 3 is 2.57 bits per heavy atom. The largest absolute Gasteiger partial charge is 0.496 e. The minimum absolute atomic E-state index is 0.158. The van der Waals surface area contributed by atoms with E-state index in [0.717, 1.165) is 16.9 Å². The summed E-state index contributed by atoms with van der Waals surface area (Å²) in [7, 11) is 3.61. The molecule has 0 aliphatic rings. The fraction of sp³-hybridized carbons (Fsp3) is 0.333. The monoisotopic (exact) mass is 191 g/mol. The molecule has 1 unspecified atom stereocenters.